The van der Waals surface area contributed by atoms with E-state index in [1.807, 2.05) is 6.07 Å². The highest BCUT2D eigenvalue weighted by molar-refractivity contribution is 5.90. The van der Waals surface area contributed by atoms with Crippen LogP contribution in [-0.4, -0.2) is 35.7 Å². The van der Waals surface area contributed by atoms with E-state index in [4.69, 9.17) is 9.47 Å². The summed E-state index contributed by atoms with van der Waals surface area (Å²) in [4.78, 5) is 13.8. The smallest absolute Gasteiger partial charge is 0.336 e. The van der Waals surface area contributed by atoms with Gasteiger partial charge in [0.2, 0.25) is 0 Å². The Hall–Kier alpha value is -2.37. The second kappa shape index (κ2) is 6.86. The summed E-state index contributed by atoms with van der Waals surface area (Å²) < 4.78 is 11.4. The molecular formula is C20H21NO4. The lowest BCUT2D eigenvalue weighted by molar-refractivity contribution is 0.0694. The van der Waals surface area contributed by atoms with E-state index < -0.39 is 5.97 Å². The average Bonchev–Trinajstić information content (AvgIpc) is 2.83. The molecule has 25 heavy (non-hydrogen) atoms. The molecule has 5 heteroatoms. The van der Waals surface area contributed by atoms with Crippen molar-refractivity contribution in [3.05, 3.63) is 64.2 Å². The Morgan fingerprint density at radius 2 is 2.00 bits per heavy atom. The van der Waals surface area contributed by atoms with Crippen molar-refractivity contribution in [2.45, 2.75) is 26.1 Å². The standard InChI is InChI=1S/C20H21NO4/c22-20(23)16-5-2-6-19-17(16)12-21(8-10-25-19)11-15-4-1-3-14-7-9-24-13-18(14)15/h1-6H,7-13H2,(H,22,23). The molecule has 4 rings (SSSR count). The fraction of sp³-hybridized carbons (Fsp3) is 0.350. The van der Waals surface area contributed by atoms with Crippen LogP contribution in [0.15, 0.2) is 36.4 Å². The Morgan fingerprint density at radius 3 is 2.88 bits per heavy atom. The molecule has 2 aliphatic rings. The van der Waals surface area contributed by atoms with E-state index in [0.29, 0.717) is 31.1 Å². The van der Waals surface area contributed by atoms with Crippen molar-refractivity contribution in [1.29, 1.82) is 0 Å². The highest BCUT2D eigenvalue weighted by Gasteiger charge is 2.22. The molecule has 130 valence electrons. The van der Waals surface area contributed by atoms with Gasteiger partial charge in [0, 0.05) is 25.2 Å². The Balaban J connectivity index is 1.62. The monoisotopic (exact) mass is 339 g/mol. The summed E-state index contributed by atoms with van der Waals surface area (Å²) in [6.07, 6.45) is 0.957. The first-order valence-corrected chi connectivity index (χ1v) is 8.60. The molecule has 0 atom stereocenters. The fourth-order valence-corrected chi connectivity index (χ4v) is 3.64. The number of fused-ring (bicyclic) bond motifs is 2. The van der Waals surface area contributed by atoms with Gasteiger partial charge < -0.3 is 14.6 Å². The molecular weight excluding hydrogens is 318 g/mol. The van der Waals surface area contributed by atoms with E-state index in [0.717, 1.165) is 31.7 Å². The Labute approximate surface area is 146 Å². The van der Waals surface area contributed by atoms with E-state index in [2.05, 4.69) is 23.1 Å². The predicted molar refractivity (Wildman–Crippen MR) is 92.8 cm³/mol. The summed E-state index contributed by atoms with van der Waals surface area (Å²) >= 11 is 0. The summed E-state index contributed by atoms with van der Waals surface area (Å²) in [5.41, 5.74) is 4.98. The van der Waals surface area contributed by atoms with Gasteiger partial charge in [-0.2, -0.15) is 0 Å². The maximum atomic E-state index is 11.6. The lowest BCUT2D eigenvalue weighted by Crippen LogP contribution is -2.27. The quantitative estimate of drug-likeness (QED) is 0.932. The van der Waals surface area contributed by atoms with Crippen LogP contribution in [0, 0.1) is 0 Å². The van der Waals surface area contributed by atoms with Crippen molar-refractivity contribution in [2.75, 3.05) is 19.8 Å². The van der Waals surface area contributed by atoms with Crippen LogP contribution in [0.3, 0.4) is 0 Å². The van der Waals surface area contributed by atoms with Crippen LogP contribution in [0.5, 0.6) is 5.75 Å². The molecule has 5 nitrogen and oxygen atoms in total. The molecule has 2 aromatic carbocycles. The number of hydrogen-bond donors (Lipinski definition) is 1. The number of carboxylic acid groups (broad SMARTS) is 1. The van der Waals surface area contributed by atoms with Crippen LogP contribution in [0.25, 0.3) is 0 Å². The zero-order valence-electron chi connectivity index (χ0n) is 14.0. The zero-order valence-corrected chi connectivity index (χ0v) is 14.0. The molecule has 0 unspecified atom stereocenters. The summed E-state index contributed by atoms with van der Waals surface area (Å²) in [6.45, 7) is 4.10. The zero-order chi connectivity index (χ0) is 17.2. The van der Waals surface area contributed by atoms with Crippen LogP contribution in [0.2, 0.25) is 0 Å². The van der Waals surface area contributed by atoms with Crippen LogP contribution >= 0.6 is 0 Å². The van der Waals surface area contributed by atoms with Crippen molar-refractivity contribution in [2.24, 2.45) is 0 Å². The van der Waals surface area contributed by atoms with Gasteiger partial charge in [0.25, 0.3) is 0 Å². The number of nitrogens with zero attached hydrogens (tertiary/aromatic N) is 1. The van der Waals surface area contributed by atoms with Gasteiger partial charge in [0.15, 0.2) is 0 Å². The molecule has 2 aromatic rings. The minimum absolute atomic E-state index is 0.322. The molecule has 0 bridgehead atoms. The molecule has 0 saturated heterocycles. The third kappa shape index (κ3) is 3.25. The molecule has 0 aromatic heterocycles. The summed E-state index contributed by atoms with van der Waals surface area (Å²) in [5.74, 6) is -0.228. The SMILES string of the molecule is O=C(O)c1cccc2c1CN(Cc1cccc3c1COCC3)CCO2. The van der Waals surface area contributed by atoms with Crippen molar-refractivity contribution < 1.29 is 19.4 Å². The number of rotatable bonds is 3. The number of carboxylic acids is 1. The van der Waals surface area contributed by atoms with E-state index in [1.165, 1.54) is 16.7 Å². The number of ether oxygens (including phenoxy) is 2. The van der Waals surface area contributed by atoms with E-state index >= 15 is 0 Å². The lowest BCUT2D eigenvalue weighted by atomic mass is 9.97. The Morgan fingerprint density at radius 1 is 1.12 bits per heavy atom. The highest BCUT2D eigenvalue weighted by Crippen LogP contribution is 2.28. The van der Waals surface area contributed by atoms with Crippen LogP contribution in [0.4, 0.5) is 0 Å². The molecule has 2 heterocycles. The van der Waals surface area contributed by atoms with Crippen LogP contribution < -0.4 is 4.74 Å². The molecule has 1 N–H and O–H groups in total. The molecule has 0 spiro atoms. The van der Waals surface area contributed by atoms with Crippen molar-refractivity contribution in [3.63, 3.8) is 0 Å². The van der Waals surface area contributed by atoms with Crippen LogP contribution in [0.1, 0.15) is 32.6 Å². The number of hydrogen-bond acceptors (Lipinski definition) is 4. The number of benzene rings is 2. The normalized spacial score (nSPS) is 17.1. The van der Waals surface area contributed by atoms with Gasteiger partial charge in [-0.25, -0.2) is 4.79 Å². The van der Waals surface area contributed by atoms with Gasteiger partial charge in [0.1, 0.15) is 12.4 Å². The second-order valence-electron chi connectivity index (χ2n) is 6.50. The van der Waals surface area contributed by atoms with E-state index in [9.17, 15) is 9.90 Å². The maximum absolute atomic E-state index is 11.6. The van der Waals surface area contributed by atoms with Gasteiger partial charge in [-0.05, 0) is 35.2 Å². The highest BCUT2D eigenvalue weighted by atomic mass is 16.5. The summed E-state index contributed by atoms with van der Waals surface area (Å²) in [5, 5.41) is 9.48. The summed E-state index contributed by atoms with van der Waals surface area (Å²) in [6, 6.07) is 11.6. The number of carbonyl (C=O) groups is 1. The first-order valence-electron chi connectivity index (χ1n) is 8.60. The van der Waals surface area contributed by atoms with Crippen molar-refractivity contribution >= 4 is 5.97 Å². The van der Waals surface area contributed by atoms with Crippen LogP contribution in [-0.2, 0) is 30.9 Å². The van der Waals surface area contributed by atoms with Gasteiger partial charge >= 0.3 is 5.97 Å². The largest absolute Gasteiger partial charge is 0.492 e. The average molecular weight is 339 g/mol. The van der Waals surface area contributed by atoms with Crippen molar-refractivity contribution in [3.8, 4) is 5.75 Å². The third-order valence-electron chi connectivity index (χ3n) is 4.94. The lowest BCUT2D eigenvalue weighted by Gasteiger charge is -2.25. The van der Waals surface area contributed by atoms with E-state index in [1.54, 1.807) is 12.1 Å². The predicted octanol–water partition coefficient (Wildman–Crippen LogP) is 2.85. The van der Waals surface area contributed by atoms with Gasteiger partial charge in [-0.15, -0.1) is 0 Å². The van der Waals surface area contributed by atoms with Gasteiger partial charge in [-0.1, -0.05) is 24.3 Å². The van der Waals surface area contributed by atoms with Gasteiger partial charge in [-0.3, -0.25) is 4.90 Å². The molecule has 2 aliphatic heterocycles. The van der Waals surface area contributed by atoms with Gasteiger partial charge in [0.05, 0.1) is 18.8 Å². The minimum atomic E-state index is -0.909. The Bertz CT molecular complexity index is 802. The molecule has 0 amide bonds. The third-order valence-corrected chi connectivity index (χ3v) is 4.94. The topological polar surface area (TPSA) is 59.0 Å². The fourth-order valence-electron chi connectivity index (χ4n) is 3.64. The minimum Gasteiger partial charge on any atom is -0.492 e. The molecule has 0 fully saturated rings. The first-order chi connectivity index (χ1) is 12.2. The number of aromatic carboxylic acids is 1. The molecule has 0 saturated carbocycles. The first kappa shape index (κ1) is 16.1. The molecule has 0 aliphatic carbocycles. The maximum Gasteiger partial charge on any atom is 0.336 e. The molecule has 0 radical (unpaired) electrons. The van der Waals surface area contributed by atoms with E-state index in [-0.39, 0.29) is 0 Å². The van der Waals surface area contributed by atoms with Crippen molar-refractivity contribution in [1.82, 2.24) is 4.90 Å². The Kier molecular flexibility index (Phi) is 4.42. The second-order valence-corrected chi connectivity index (χ2v) is 6.50. The summed E-state index contributed by atoms with van der Waals surface area (Å²) in [7, 11) is 0.